The summed E-state index contributed by atoms with van der Waals surface area (Å²) < 4.78 is 101. The minimum absolute atomic E-state index is 0.0000332. The first kappa shape index (κ1) is 27.5. The molecule has 4 aromatic rings. The second kappa shape index (κ2) is 11.5. The third-order valence-corrected chi connectivity index (χ3v) is 6.35. The molecular weight excluding hydrogens is 509 g/mol. The minimum atomic E-state index is -5.14. The fourth-order valence-corrected chi connectivity index (χ4v) is 4.37. The van der Waals surface area contributed by atoms with E-state index in [1.807, 2.05) is 13.0 Å². The van der Waals surface area contributed by atoms with Crippen LogP contribution in [0.3, 0.4) is 0 Å². The zero-order valence-corrected chi connectivity index (χ0v) is 20.6. The van der Waals surface area contributed by atoms with E-state index in [9.17, 15) is 26.3 Å². The van der Waals surface area contributed by atoms with E-state index >= 15 is 4.39 Å². The molecule has 0 aliphatic heterocycles. The molecule has 0 bridgehead atoms. The highest BCUT2D eigenvalue weighted by Gasteiger charge is 2.37. The summed E-state index contributed by atoms with van der Waals surface area (Å²) in [5, 5.41) is 0.985. The molecular formula is C30H25F7O. The van der Waals surface area contributed by atoms with E-state index in [-0.39, 0.29) is 29.8 Å². The Bertz CT molecular complexity index is 1420. The third-order valence-electron chi connectivity index (χ3n) is 6.35. The van der Waals surface area contributed by atoms with Crippen LogP contribution in [-0.2, 0) is 31.9 Å². The molecule has 0 radical (unpaired) electrons. The fourth-order valence-electron chi connectivity index (χ4n) is 4.37. The van der Waals surface area contributed by atoms with Gasteiger partial charge < -0.3 is 4.74 Å². The van der Waals surface area contributed by atoms with Gasteiger partial charge in [0.15, 0.2) is 0 Å². The Kier molecular flexibility index (Phi) is 8.29. The SMILES string of the molecule is CCCOc1ccc(CCc2ccc3c(F)c(CCc4cc(F)c(C(F)(F)F)c(F)c4)ccc3c2)c(F)c1. The van der Waals surface area contributed by atoms with Gasteiger partial charge in [-0.3, -0.25) is 0 Å². The summed E-state index contributed by atoms with van der Waals surface area (Å²) in [6.07, 6.45) is -3.32. The predicted octanol–water partition coefficient (Wildman–Crippen LogP) is 8.77. The van der Waals surface area contributed by atoms with Gasteiger partial charge in [0.05, 0.1) is 6.61 Å². The van der Waals surface area contributed by atoms with Crippen molar-refractivity contribution in [3.63, 3.8) is 0 Å². The maximum absolute atomic E-state index is 15.2. The molecule has 0 saturated carbocycles. The summed E-state index contributed by atoms with van der Waals surface area (Å²) in [7, 11) is 0. The van der Waals surface area contributed by atoms with E-state index in [1.54, 1.807) is 36.4 Å². The fraction of sp³-hybridized carbons (Fsp3) is 0.267. The molecule has 0 saturated heterocycles. The Morgan fingerprint density at radius 1 is 0.658 bits per heavy atom. The zero-order valence-electron chi connectivity index (χ0n) is 20.6. The second-order valence-corrected chi connectivity index (χ2v) is 9.13. The highest BCUT2D eigenvalue weighted by Crippen LogP contribution is 2.34. The van der Waals surface area contributed by atoms with E-state index < -0.39 is 29.2 Å². The lowest BCUT2D eigenvalue weighted by Crippen LogP contribution is -2.12. The van der Waals surface area contributed by atoms with Crippen molar-refractivity contribution in [2.75, 3.05) is 6.61 Å². The number of hydrogen-bond acceptors (Lipinski definition) is 1. The summed E-state index contributed by atoms with van der Waals surface area (Å²) in [6, 6.07) is 14.5. The maximum Gasteiger partial charge on any atom is 0.422 e. The average molecular weight is 535 g/mol. The topological polar surface area (TPSA) is 9.23 Å². The third kappa shape index (κ3) is 6.29. The van der Waals surface area contributed by atoms with Gasteiger partial charge in [0.1, 0.15) is 34.6 Å². The van der Waals surface area contributed by atoms with Crippen molar-refractivity contribution in [3.8, 4) is 5.75 Å². The molecule has 200 valence electrons. The van der Waals surface area contributed by atoms with Gasteiger partial charge in [-0.15, -0.1) is 0 Å². The average Bonchev–Trinajstić information content (AvgIpc) is 2.85. The van der Waals surface area contributed by atoms with Gasteiger partial charge in [-0.05, 0) is 77.9 Å². The lowest BCUT2D eigenvalue weighted by Gasteiger charge is -2.12. The number of fused-ring (bicyclic) bond motifs is 1. The highest BCUT2D eigenvalue weighted by atomic mass is 19.4. The number of aryl methyl sites for hydroxylation is 4. The first-order chi connectivity index (χ1) is 18.1. The summed E-state index contributed by atoms with van der Waals surface area (Å²) in [6.45, 7) is 2.48. The molecule has 38 heavy (non-hydrogen) atoms. The van der Waals surface area contributed by atoms with Crippen LogP contribution < -0.4 is 4.74 Å². The van der Waals surface area contributed by atoms with Crippen molar-refractivity contribution < 1.29 is 35.5 Å². The number of rotatable bonds is 9. The Hall–Kier alpha value is -3.55. The number of halogens is 7. The molecule has 0 aromatic heterocycles. The molecule has 0 aliphatic carbocycles. The summed E-state index contributed by atoms with van der Waals surface area (Å²) in [5.41, 5.74) is -0.217. The molecule has 0 unspecified atom stereocenters. The molecule has 0 spiro atoms. The van der Waals surface area contributed by atoms with Crippen molar-refractivity contribution in [2.45, 2.75) is 45.2 Å². The predicted molar refractivity (Wildman–Crippen MR) is 132 cm³/mol. The molecule has 1 nitrogen and oxygen atoms in total. The Labute approximate surface area is 215 Å². The van der Waals surface area contributed by atoms with E-state index in [4.69, 9.17) is 4.74 Å². The lowest BCUT2D eigenvalue weighted by molar-refractivity contribution is -0.142. The Balaban J connectivity index is 1.44. The van der Waals surface area contributed by atoms with Gasteiger partial charge in [0.2, 0.25) is 0 Å². The zero-order chi connectivity index (χ0) is 27.4. The number of alkyl halides is 3. The van der Waals surface area contributed by atoms with Gasteiger partial charge in [-0.1, -0.05) is 43.3 Å². The molecule has 0 atom stereocenters. The van der Waals surface area contributed by atoms with Crippen LogP contribution in [0.5, 0.6) is 5.75 Å². The van der Waals surface area contributed by atoms with Gasteiger partial charge in [-0.25, -0.2) is 17.6 Å². The monoisotopic (exact) mass is 534 g/mol. The Morgan fingerprint density at radius 2 is 1.32 bits per heavy atom. The first-order valence-corrected chi connectivity index (χ1v) is 12.2. The number of benzene rings is 4. The summed E-state index contributed by atoms with van der Waals surface area (Å²) in [5.74, 6) is -3.75. The number of ether oxygens (including phenoxy) is 1. The van der Waals surface area contributed by atoms with E-state index in [0.29, 0.717) is 53.7 Å². The highest BCUT2D eigenvalue weighted by molar-refractivity contribution is 5.84. The molecule has 0 fully saturated rings. The number of hydrogen-bond donors (Lipinski definition) is 0. The van der Waals surface area contributed by atoms with Crippen LogP contribution in [0.4, 0.5) is 30.7 Å². The summed E-state index contributed by atoms with van der Waals surface area (Å²) in [4.78, 5) is 0. The standard InChI is InChI=1S/C30H25F7O/c1-2-13-38-23-11-10-20(25(31)17-23)6-3-18-5-12-24-22(14-18)9-8-21(29(24)34)7-4-19-15-26(32)28(27(33)16-19)30(35,36)37/h5,8-12,14-17H,2-4,6-7,13H2,1H3. The van der Waals surface area contributed by atoms with E-state index in [0.717, 1.165) is 12.0 Å². The van der Waals surface area contributed by atoms with Gasteiger partial charge in [0, 0.05) is 11.5 Å². The normalized spacial score (nSPS) is 11.8. The maximum atomic E-state index is 15.2. The van der Waals surface area contributed by atoms with Crippen molar-refractivity contribution >= 4 is 10.8 Å². The smallest absolute Gasteiger partial charge is 0.422 e. The van der Waals surface area contributed by atoms with Crippen molar-refractivity contribution in [1.29, 1.82) is 0 Å². The largest absolute Gasteiger partial charge is 0.494 e. The van der Waals surface area contributed by atoms with Crippen molar-refractivity contribution in [1.82, 2.24) is 0 Å². The van der Waals surface area contributed by atoms with Gasteiger partial charge in [0.25, 0.3) is 0 Å². The van der Waals surface area contributed by atoms with Gasteiger partial charge in [-0.2, -0.15) is 13.2 Å². The lowest BCUT2D eigenvalue weighted by atomic mass is 9.97. The van der Waals surface area contributed by atoms with Crippen LogP contribution in [0.15, 0.2) is 60.7 Å². The molecule has 0 amide bonds. The van der Waals surface area contributed by atoms with E-state index in [1.165, 1.54) is 6.07 Å². The van der Waals surface area contributed by atoms with Crippen molar-refractivity contribution in [2.24, 2.45) is 0 Å². The van der Waals surface area contributed by atoms with Crippen molar-refractivity contribution in [3.05, 3.63) is 112 Å². The van der Waals surface area contributed by atoms with Crippen LogP contribution in [0.2, 0.25) is 0 Å². The molecule has 0 heterocycles. The quantitative estimate of drug-likeness (QED) is 0.195. The minimum Gasteiger partial charge on any atom is -0.494 e. The van der Waals surface area contributed by atoms with Crippen LogP contribution >= 0.6 is 0 Å². The molecule has 0 aliphatic rings. The van der Waals surface area contributed by atoms with Crippen LogP contribution in [0, 0.1) is 23.3 Å². The molecule has 0 N–H and O–H groups in total. The Morgan fingerprint density at radius 3 is 1.97 bits per heavy atom. The van der Waals surface area contributed by atoms with E-state index in [2.05, 4.69) is 0 Å². The second-order valence-electron chi connectivity index (χ2n) is 9.13. The molecule has 4 aromatic carbocycles. The van der Waals surface area contributed by atoms with Crippen LogP contribution in [0.1, 0.15) is 41.2 Å². The van der Waals surface area contributed by atoms with Crippen LogP contribution in [-0.4, -0.2) is 6.61 Å². The molecule has 8 heteroatoms. The summed E-state index contributed by atoms with van der Waals surface area (Å²) >= 11 is 0. The van der Waals surface area contributed by atoms with Gasteiger partial charge >= 0.3 is 6.18 Å². The first-order valence-electron chi connectivity index (χ1n) is 12.2. The molecule has 4 rings (SSSR count). The van der Waals surface area contributed by atoms with Crippen LogP contribution in [0.25, 0.3) is 10.8 Å².